The summed E-state index contributed by atoms with van der Waals surface area (Å²) in [4.78, 5) is 13.3. The Kier molecular flexibility index (Phi) is 6.13. The van der Waals surface area contributed by atoms with Crippen LogP contribution >= 0.6 is 0 Å². The number of carbonyl (C=O) groups is 1. The van der Waals surface area contributed by atoms with E-state index in [2.05, 4.69) is 0 Å². The summed E-state index contributed by atoms with van der Waals surface area (Å²) in [5, 5.41) is 0. The molecule has 0 saturated heterocycles. The molecule has 0 amide bonds. The van der Waals surface area contributed by atoms with E-state index < -0.39 is 5.60 Å². The molecule has 32 heavy (non-hydrogen) atoms. The van der Waals surface area contributed by atoms with E-state index in [-0.39, 0.29) is 5.78 Å². The minimum atomic E-state index is -0.561. The van der Waals surface area contributed by atoms with Crippen LogP contribution in [0.15, 0.2) is 78.9 Å². The first kappa shape index (κ1) is 21.4. The monoisotopic (exact) mass is 426 g/mol. The van der Waals surface area contributed by atoms with E-state index in [9.17, 15) is 4.79 Å². The lowest BCUT2D eigenvalue weighted by Gasteiger charge is -2.30. The zero-order valence-corrected chi connectivity index (χ0v) is 18.5. The Morgan fingerprint density at radius 3 is 2.38 bits per heavy atom. The first-order valence-corrected chi connectivity index (χ1v) is 10.5. The largest absolute Gasteiger partial charge is 0.496 e. The molecule has 0 spiro atoms. The van der Waals surface area contributed by atoms with Crippen LogP contribution in [-0.4, -0.2) is 18.5 Å². The van der Waals surface area contributed by atoms with Crippen molar-refractivity contribution in [1.82, 2.24) is 0 Å². The maximum Gasteiger partial charge on any atom is 0.193 e. The molecule has 0 N–H and O–H groups in total. The van der Waals surface area contributed by atoms with Gasteiger partial charge in [-0.15, -0.1) is 0 Å². The first-order chi connectivity index (χ1) is 15.5. The quantitative estimate of drug-likeness (QED) is 0.326. The van der Waals surface area contributed by atoms with Crippen molar-refractivity contribution in [2.24, 2.45) is 0 Å². The molecule has 0 radical (unpaired) electrons. The molecule has 3 aromatic carbocycles. The highest BCUT2D eigenvalue weighted by molar-refractivity contribution is 6.11. The summed E-state index contributed by atoms with van der Waals surface area (Å²) in [6, 6.07) is 21.4. The van der Waals surface area contributed by atoms with Gasteiger partial charge < -0.3 is 14.2 Å². The molecule has 0 fully saturated rings. The van der Waals surface area contributed by atoms with E-state index in [4.69, 9.17) is 14.2 Å². The maximum absolute atomic E-state index is 13.3. The number of rotatable bonds is 7. The standard InChI is InChI=1S/C28H26O4/c1-28(2)17-16-22-24(31-19-21-12-8-5-9-13-21)18-25(30-3)26(27(22)32-28)23(29)15-14-20-10-6-4-7-11-20/h4-18H,19H2,1-3H3/b15-14+. The number of benzene rings is 3. The molecule has 1 heterocycles. The summed E-state index contributed by atoms with van der Waals surface area (Å²) < 4.78 is 18.0. The third-order valence-corrected chi connectivity index (χ3v) is 5.19. The number of methoxy groups -OCH3 is 1. The Balaban J connectivity index is 1.74. The van der Waals surface area contributed by atoms with Crippen LogP contribution in [0.25, 0.3) is 12.2 Å². The summed E-state index contributed by atoms with van der Waals surface area (Å²) in [6.45, 7) is 4.30. The first-order valence-electron chi connectivity index (χ1n) is 10.5. The van der Waals surface area contributed by atoms with Crippen molar-refractivity contribution in [3.63, 3.8) is 0 Å². The van der Waals surface area contributed by atoms with Crippen LogP contribution in [0.4, 0.5) is 0 Å². The predicted octanol–water partition coefficient (Wildman–Crippen LogP) is 6.35. The van der Waals surface area contributed by atoms with Gasteiger partial charge in [0.25, 0.3) is 0 Å². The molecule has 0 bridgehead atoms. The molecule has 0 unspecified atom stereocenters. The molecule has 0 atom stereocenters. The number of fused-ring (bicyclic) bond motifs is 1. The van der Waals surface area contributed by atoms with Gasteiger partial charge in [-0.1, -0.05) is 66.7 Å². The van der Waals surface area contributed by atoms with Crippen molar-refractivity contribution < 1.29 is 19.0 Å². The van der Waals surface area contributed by atoms with E-state index in [0.29, 0.717) is 29.4 Å². The van der Waals surface area contributed by atoms with Gasteiger partial charge in [0, 0.05) is 6.07 Å². The third kappa shape index (κ3) is 4.75. The second-order valence-corrected chi connectivity index (χ2v) is 8.12. The molecule has 1 aliphatic heterocycles. The van der Waals surface area contributed by atoms with E-state index in [1.807, 2.05) is 86.7 Å². The molecule has 3 aromatic rings. The van der Waals surface area contributed by atoms with Gasteiger partial charge >= 0.3 is 0 Å². The minimum Gasteiger partial charge on any atom is -0.496 e. The average Bonchev–Trinajstić information content (AvgIpc) is 2.81. The number of allylic oxidation sites excluding steroid dienone is 1. The molecular weight excluding hydrogens is 400 g/mol. The van der Waals surface area contributed by atoms with E-state index in [0.717, 1.165) is 16.7 Å². The minimum absolute atomic E-state index is 0.192. The summed E-state index contributed by atoms with van der Waals surface area (Å²) in [5.41, 5.74) is 2.55. The van der Waals surface area contributed by atoms with E-state index in [1.54, 1.807) is 25.3 Å². The topological polar surface area (TPSA) is 44.8 Å². The highest BCUT2D eigenvalue weighted by atomic mass is 16.5. The average molecular weight is 427 g/mol. The number of carbonyl (C=O) groups excluding carboxylic acids is 1. The van der Waals surface area contributed by atoms with Crippen molar-refractivity contribution in [2.45, 2.75) is 26.1 Å². The molecular formula is C28H26O4. The number of hydrogen-bond donors (Lipinski definition) is 0. The SMILES string of the molecule is COc1cc(OCc2ccccc2)c2c(c1C(=O)/C=C/c1ccccc1)OC(C)(C)C=C2. The molecule has 0 aliphatic carbocycles. The number of ketones is 1. The third-order valence-electron chi connectivity index (χ3n) is 5.19. The Morgan fingerprint density at radius 2 is 1.69 bits per heavy atom. The molecule has 4 heteroatoms. The molecule has 0 saturated carbocycles. The van der Waals surface area contributed by atoms with Gasteiger partial charge in [0.1, 0.15) is 35.0 Å². The molecule has 4 nitrogen and oxygen atoms in total. The van der Waals surface area contributed by atoms with Crippen molar-refractivity contribution in [3.8, 4) is 17.2 Å². The van der Waals surface area contributed by atoms with Crippen molar-refractivity contribution in [3.05, 3.63) is 101 Å². The summed E-state index contributed by atoms with van der Waals surface area (Å²) in [7, 11) is 1.55. The summed E-state index contributed by atoms with van der Waals surface area (Å²) in [5.74, 6) is 1.31. The predicted molar refractivity (Wildman–Crippen MR) is 127 cm³/mol. The second kappa shape index (κ2) is 9.15. The highest BCUT2D eigenvalue weighted by Crippen LogP contribution is 2.45. The van der Waals surface area contributed by atoms with Crippen molar-refractivity contribution in [1.29, 1.82) is 0 Å². The van der Waals surface area contributed by atoms with Gasteiger partial charge in [-0.2, -0.15) is 0 Å². The van der Waals surface area contributed by atoms with Gasteiger partial charge in [-0.05, 0) is 43.2 Å². The van der Waals surface area contributed by atoms with Crippen LogP contribution in [0.2, 0.25) is 0 Å². The van der Waals surface area contributed by atoms with Crippen LogP contribution in [0, 0.1) is 0 Å². The Labute approximate surface area is 188 Å². The van der Waals surface area contributed by atoms with Gasteiger partial charge in [0.05, 0.1) is 12.7 Å². The maximum atomic E-state index is 13.3. The normalized spacial score (nSPS) is 14.0. The summed E-state index contributed by atoms with van der Waals surface area (Å²) in [6.07, 6.45) is 7.26. The van der Waals surface area contributed by atoms with Gasteiger partial charge in [-0.25, -0.2) is 0 Å². The lowest BCUT2D eigenvalue weighted by Crippen LogP contribution is -2.29. The fourth-order valence-electron chi connectivity index (χ4n) is 3.54. The van der Waals surface area contributed by atoms with Crippen LogP contribution < -0.4 is 14.2 Å². The van der Waals surface area contributed by atoms with Crippen LogP contribution in [0.3, 0.4) is 0 Å². The highest BCUT2D eigenvalue weighted by Gasteiger charge is 2.31. The van der Waals surface area contributed by atoms with Gasteiger partial charge in [-0.3, -0.25) is 4.79 Å². The van der Waals surface area contributed by atoms with Gasteiger partial charge in [0.15, 0.2) is 5.78 Å². The Hall–Kier alpha value is -3.79. The lowest BCUT2D eigenvalue weighted by atomic mass is 9.96. The van der Waals surface area contributed by atoms with Crippen LogP contribution in [-0.2, 0) is 6.61 Å². The summed E-state index contributed by atoms with van der Waals surface area (Å²) >= 11 is 0. The Morgan fingerprint density at radius 1 is 1.00 bits per heavy atom. The van der Waals surface area contributed by atoms with E-state index in [1.165, 1.54) is 0 Å². The molecule has 162 valence electrons. The molecule has 0 aromatic heterocycles. The smallest absolute Gasteiger partial charge is 0.193 e. The van der Waals surface area contributed by atoms with E-state index >= 15 is 0 Å². The van der Waals surface area contributed by atoms with Crippen LogP contribution in [0.5, 0.6) is 17.2 Å². The molecule has 1 aliphatic rings. The molecule has 4 rings (SSSR count). The van der Waals surface area contributed by atoms with Crippen molar-refractivity contribution >= 4 is 17.9 Å². The zero-order chi connectivity index (χ0) is 22.6. The lowest BCUT2D eigenvalue weighted by molar-refractivity contribution is 0.103. The van der Waals surface area contributed by atoms with Crippen molar-refractivity contribution in [2.75, 3.05) is 7.11 Å². The van der Waals surface area contributed by atoms with Gasteiger partial charge in [0.2, 0.25) is 0 Å². The zero-order valence-electron chi connectivity index (χ0n) is 18.5. The number of hydrogen-bond acceptors (Lipinski definition) is 4. The fraction of sp³-hybridized carbons (Fsp3) is 0.179. The fourth-order valence-corrected chi connectivity index (χ4v) is 3.54. The second-order valence-electron chi connectivity index (χ2n) is 8.12. The Bertz CT molecular complexity index is 1160. The van der Waals surface area contributed by atoms with Crippen LogP contribution in [0.1, 0.15) is 40.9 Å². The number of ether oxygens (including phenoxy) is 3.